The average molecular weight is 394 g/mol. The number of carbonyl (C=O) groups excluding carboxylic acids is 1. The highest BCUT2D eigenvalue weighted by molar-refractivity contribution is 9.10. The number of amides is 1. The number of hydrogen-bond acceptors (Lipinski definition) is 3. The van der Waals surface area contributed by atoms with Crippen molar-refractivity contribution in [2.75, 3.05) is 20.3 Å². The fraction of sp³-hybridized carbons (Fsp3) is 0.562. The van der Waals surface area contributed by atoms with Crippen LogP contribution in [0.4, 0.5) is 0 Å². The summed E-state index contributed by atoms with van der Waals surface area (Å²) in [5, 5.41) is 2.97. The number of nitrogens with two attached hydrogens (primary N) is 1. The SMILES string of the molecule is COCCC(Cc1cccc(Br)c1)C(=O)NCCC(C)N.Cl. The van der Waals surface area contributed by atoms with Crippen molar-refractivity contribution in [3.05, 3.63) is 34.3 Å². The highest BCUT2D eigenvalue weighted by Gasteiger charge is 2.18. The molecule has 22 heavy (non-hydrogen) atoms. The third-order valence-electron chi connectivity index (χ3n) is 3.31. The van der Waals surface area contributed by atoms with Gasteiger partial charge in [-0.05, 0) is 43.9 Å². The second kappa shape index (κ2) is 11.9. The maximum Gasteiger partial charge on any atom is 0.223 e. The largest absolute Gasteiger partial charge is 0.385 e. The summed E-state index contributed by atoms with van der Waals surface area (Å²) in [7, 11) is 1.66. The molecular weight excluding hydrogens is 368 g/mol. The molecule has 1 amide bonds. The zero-order valence-electron chi connectivity index (χ0n) is 13.2. The van der Waals surface area contributed by atoms with Gasteiger partial charge in [0.05, 0.1) is 0 Å². The molecule has 2 atom stereocenters. The van der Waals surface area contributed by atoms with Crippen molar-refractivity contribution >= 4 is 34.2 Å². The van der Waals surface area contributed by atoms with Crippen molar-refractivity contribution in [3.8, 4) is 0 Å². The van der Waals surface area contributed by atoms with Gasteiger partial charge in [-0.2, -0.15) is 0 Å². The molecule has 0 aliphatic carbocycles. The predicted molar refractivity (Wildman–Crippen MR) is 96.4 cm³/mol. The molecular formula is C16H26BrClN2O2. The minimum atomic E-state index is -0.0765. The number of rotatable bonds is 9. The van der Waals surface area contributed by atoms with E-state index in [0.29, 0.717) is 26.0 Å². The molecule has 0 radical (unpaired) electrons. The summed E-state index contributed by atoms with van der Waals surface area (Å²) < 4.78 is 6.15. The van der Waals surface area contributed by atoms with Crippen molar-refractivity contribution in [2.24, 2.45) is 11.7 Å². The molecule has 0 heterocycles. The zero-order valence-corrected chi connectivity index (χ0v) is 15.6. The van der Waals surface area contributed by atoms with Crippen LogP contribution in [-0.2, 0) is 16.0 Å². The predicted octanol–water partition coefficient (Wildman–Crippen LogP) is 2.92. The lowest BCUT2D eigenvalue weighted by Gasteiger charge is -2.17. The third-order valence-corrected chi connectivity index (χ3v) is 3.80. The summed E-state index contributed by atoms with van der Waals surface area (Å²) in [5.41, 5.74) is 6.84. The second-order valence-corrected chi connectivity index (χ2v) is 6.29. The maximum atomic E-state index is 12.3. The van der Waals surface area contributed by atoms with Gasteiger partial charge in [0.15, 0.2) is 0 Å². The summed E-state index contributed by atoms with van der Waals surface area (Å²) in [5.74, 6) is 0.00000567. The molecule has 0 aliphatic heterocycles. The van der Waals surface area contributed by atoms with E-state index in [1.807, 2.05) is 25.1 Å². The van der Waals surface area contributed by atoms with Gasteiger partial charge >= 0.3 is 0 Å². The van der Waals surface area contributed by atoms with E-state index in [1.165, 1.54) is 0 Å². The maximum absolute atomic E-state index is 12.3. The van der Waals surface area contributed by atoms with E-state index in [1.54, 1.807) is 7.11 Å². The van der Waals surface area contributed by atoms with Crippen LogP contribution < -0.4 is 11.1 Å². The van der Waals surface area contributed by atoms with Crippen LogP contribution in [0, 0.1) is 5.92 Å². The first-order valence-electron chi connectivity index (χ1n) is 7.29. The fourth-order valence-electron chi connectivity index (χ4n) is 2.10. The Morgan fingerprint density at radius 3 is 2.73 bits per heavy atom. The molecule has 3 N–H and O–H groups in total. The van der Waals surface area contributed by atoms with Crippen LogP contribution >= 0.6 is 28.3 Å². The van der Waals surface area contributed by atoms with Crippen LogP contribution in [0.2, 0.25) is 0 Å². The summed E-state index contributed by atoms with van der Waals surface area (Å²) in [4.78, 5) is 12.3. The minimum absolute atomic E-state index is 0. The smallest absolute Gasteiger partial charge is 0.223 e. The Hall–Kier alpha value is -0.620. The molecule has 0 saturated heterocycles. The highest BCUT2D eigenvalue weighted by atomic mass is 79.9. The van der Waals surface area contributed by atoms with Gasteiger partial charge in [0.1, 0.15) is 0 Å². The number of carbonyl (C=O) groups is 1. The Kier molecular flexibility index (Phi) is 11.5. The second-order valence-electron chi connectivity index (χ2n) is 5.37. The number of ether oxygens (including phenoxy) is 1. The molecule has 1 rings (SSSR count). The van der Waals surface area contributed by atoms with Gasteiger partial charge in [0.2, 0.25) is 5.91 Å². The number of benzene rings is 1. The molecule has 0 bridgehead atoms. The molecule has 0 aromatic heterocycles. The molecule has 0 saturated carbocycles. The first-order valence-corrected chi connectivity index (χ1v) is 8.09. The summed E-state index contributed by atoms with van der Waals surface area (Å²) in [6.07, 6.45) is 2.22. The van der Waals surface area contributed by atoms with Gasteiger partial charge in [0.25, 0.3) is 0 Å². The Balaban J connectivity index is 0.00000441. The highest BCUT2D eigenvalue weighted by Crippen LogP contribution is 2.17. The van der Waals surface area contributed by atoms with Crippen LogP contribution in [0.3, 0.4) is 0 Å². The van der Waals surface area contributed by atoms with Gasteiger partial charge < -0.3 is 15.8 Å². The quantitative estimate of drug-likeness (QED) is 0.678. The topological polar surface area (TPSA) is 64.3 Å². The fourth-order valence-corrected chi connectivity index (χ4v) is 2.55. The van der Waals surface area contributed by atoms with Crippen LogP contribution in [0.15, 0.2) is 28.7 Å². The Labute approximate surface area is 147 Å². The van der Waals surface area contributed by atoms with Crippen molar-refractivity contribution in [1.82, 2.24) is 5.32 Å². The van der Waals surface area contributed by atoms with Crippen LogP contribution in [0.1, 0.15) is 25.3 Å². The van der Waals surface area contributed by atoms with Gasteiger partial charge in [0, 0.05) is 36.7 Å². The monoisotopic (exact) mass is 392 g/mol. The van der Waals surface area contributed by atoms with E-state index >= 15 is 0 Å². The number of hydrogen-bond donors (Lipinski definition) is 2. The minimum Gasteiger partial charge on any atom is -0.385 e. The van der Waals surface area contributed by atoms with Gasteiger partial charge in [-0.25, -0.2) is 0 Å². The number of nitrogens with one attached hydrogen (secondary N) is 1. The van der Waals surface area contributed by atoms with Crippen molar-refractivity contribution in [2.45, 2.75) is 32.2 Å². The van der Waals surface area contributed by atoms with E-state index in [4.69, 9.17) is 10.5 Å². The summed E-state index contributed by atoms with van der Waals surface area (Å²) >= 11 is 3.46. The Morgan fingerprint density at radius 2 is 2.14 bits per heavy atom. The first-order chi connectivity index (χ1) is 10.0. The Morgan fingerprint density at radius 1 is 1.41 bits per heavy atom. The standard InChI is InChI=1S/C16H25BrN2O2.ClH/c1-12(18)6-8-19-16(20)14(7-9-21-2)10-13-4-3-5-15(17)11-13;/h3-5,11-12,14H,6-10,18H2,1-2H3,(H,19,20);1H. The number of halogens is 2. The molecule has 0 spiro atoms. The Bertz CT molecular complexity index is 444. The third kappa shape index (κ3) is 8.73. The van der Waals surface area contributed by atoms with Crippen molar-refractivity contribution in [3.63, 3.8) is 0 Å². The van der Waals surface area contributed by atoms with E-state index in [0.717, 1.165) is 16.5 Å². The van der Waals surface area contributed by atoms with Crippen LogP contribution in [0.5, 0.6) is 0 Å². The molecule has 126 valence electrons. The first kappa shape index (κ1) is 21.4. The lowest BCUT2D eigenvalue weighted by Crippen LogP contribution is -2.35. The molecule has 6 heteroatoms. The van der Waals surface area contributed by atoms with E-state index in [-0.39, 0.29) is 30.3 Å². The molecule has 0 fully saturated rings. The molecule has 0 aliphatic rings. The van der Waals surface area contributed by atoms with E-state index in [9.17, 15) is 4.79 Å². The van der Waals surface area contributed by atoms with Crippen molar-refractivity contribution < 1.29 is 9.53 Å². The molecule has 2 unspecified atom stereocenters. The van der Waals surface area contributed by atoms with Crippen LogP contribution in [-0.4, -0.2) is 32.2 Å². The van der Waals surface area contributed by atoms with Crippen molar-refractivity contribution in [1.29, 1.82) is 0 Å². The number of methoxy groups -OCH3 is 1. The van der Waals surface area contributed by atoms with Crippen LogP contribution in [0.25, 0.3) is 0 Å². The van der Waals surface area contributed by atoms with Gasteiger partial charge in [-0.3, -0.25) is 4.79 Å². The van der Waals surface area contributed by atoms with E-state index in [2.05, 4.69) is 27.3 Å². The van der Waals surface area contributed by atoms with Gasteiger partial charge in [-0.15, -0.1) is 12.4 Å². The average Bonchev–Trinajstić information content (AvgIpc) is 2.43. The molecule has 1 aromatic carbocycles. The summed E-state index contributed by atoms with van der Waals surface area (Å²) in [6.45, 7) is 3.15. The normalized spacial score (nSPS) is 13.1. The molecule has 4 nitrogen and oxygen atoms in total. The van der Waals surface area contributed by atoms with E-state index < -0.39 is 0 Å². The molecule has 1 aromatic rings. The zero-order chi connectivity index (χ0) is 15.7. The summed E-state index contributed by atoms with van der Waals surface area (Å²) in [6, 6.07) is 8.17. The lowest BCUT2D eigenvalue weighted by atomic mass is 9.95. The lowest BCUT2D eigenvalue weighted by molar-refractivity contribution is -0.125. The van der Waals surface area contributed by atoms with Gasteiger partial charge in [-0.1, -0.05) is 28.1 Å².